The molecule has 2 heterocycles. The molecule has 0 spiro atoms. The lowest BCUT2D eigenvalue weighted by Crippen LogP contribution is -2.38. The van der Waals surface area contributed by atoms with Crippen LogP contribution in [0.1, 0.15) is 38.7 Å². The molecule has 1 aromatic rings. The van der Waals surface area contributed by atoms with E-state index in [1.807, 2.05) is 19.9 Å². The molecule has 0 saturated carbocycles. The van der Waals surface area contributed by atoms with Gasteiger partial charge in [-0.3, -0.25) is 4.79 Å². The van der Waals surface area contributed by atoms with Gasteiger partial charge in [-0.2, -0.15) is 8.78 Å². The van der Waals surface area contributed by atoms with E-state index in [1.165, 1.54) is 12.1 Å². The number of carbonyl (C=O) groups excluding carboxylic acids is 1. The van der Waals surface area contributed by atoms with E-state index in [-0.39, 0.29) is 11.7 Å². The average Bonchev–Trinajstić information content (AvgIpc) is 2.46. The van der Waals surface area contributed by atoms with Crippen LogP contribution in [0.4, 0.5) is 8.78 Å². The van der Waals surface area contributed by atoms with Gasteiger partial charge in [0.05, 0.1) is 5.70 Å². The van der Waals surface area contributed by atoms with Crippen molar-refractivity contribution in [2.45, 2.75) is 45.3 Å². The van der Waals surface area contributed by atoms with Crippen molar-refractivity contribution < 1.29 is 23.0 Å². The second-order valence-electron chi connectivity index (χ2n) is 6.27. The fraction of sp³-hybridized carbons (Fsp3) is 0.471. The van der Waals surface area contributed by atoms with Gasteiger partial charge in [0.1, 0.15) is 17.1 Å². The van der Waals surface area contributed by atoms with Gasteiger partial charge in [-0.05, 0) is 51.0 Å². The van der Waals surface area contributed by atoms with Crippen molar-refractivity contribution >= 4 is 11.6 Å². The predicted octanol–water partition coefficient (Wildman–Crippen LogP) is 3.81. The average molecular weight is 323 g/mol. The molecule has 0 radical (unpaired) electrons. The van der Waals surface area contributed by atoms with E-state index in [2.05, 4.69) is 4.74 Å². The van der Waals surface area contributed by atoms with Gasteiger partial charge in [0.2, 0.25) is 5.91 Å². The number of hydrogen-bond donors (Lipinski definition) is 0. The summed E-state index contributed by atoms with van der Waals surface area (Å²) in [4.78, 5) is 14.0. The van der Waals surface area contributed by atoms with Gasteiger partial charge in [-0.25, -0.2) is 0 Å². The molecule has 1 amide bonds. The van der Waals surface area contributed by atoms with Crippen molar-refractivity contribution in [2.24, 2.45) is 0 Å². The summed E-state index contributed by atoms with van der Waals surface area (Å²) in [5.74, 6) is 0.663. The quantitative estimate of drug-likeness (QED) is 0.849. The first-order chi connectivity index (χ1) is 10.9. The highest BCUT2D eigenvalue weighted by Crippen LogP contribution is 2.40. The van der Waals surface area contributed by atoms with Crippen LogP contribution in [0.5, 0.6) is 11.5 Å². The van der Waals surface area contributed by atoms with Gasteiger partial charge in [0, 0.05) is 18.5 Å². The maximum atomic E-state index is 12.5. The summed E-state index contributed by atoms with van der Waals surface area (Å²) in [6, 6.07) is 4.56. The number of piperidine rings is 1. The third-order valence-electron chi connectivity index (χ3n) is 3.92. The molecular formula is C17H19F2NO3. The molecule has 0 aliphatic carbocycles. The van der Waals surface area contributed by atoms with E-state index in [4.69, 9.17) is 4.74 Å². The van der Waals surface area contributed by atoms with E-state index < -0.39 is 12.2 Å². The number of hydrogen-bond acceptors (Lipinski definition) is 3. The third kappa shape index (κ3) is 3.30. The highest BCUT2D eigenvalue weighted by atomic mass is 19.3. The van der Waals surface area contributed by atoms with Gasteiger partial charge in [-0.15, -0.1) is 0 Å². The minimum atomic E-state index is -2.89. The van der Waals surface area contributed by atoms with Crippen molar-refractivity contribution in [3.05, 3.63) is 29.8 Å². The number of likely N-dealkylation sites (tertiary alicyclic amines) is 1. The van der Waals surface area contributed by atoms with Crippen LogP contribution < -0.4 is 9.47 Å². The number of halogens is 2. The van der Waals surface area contributed by atoms with Crippen LogP contribution in [0.3, 0.4) is 0 Å². The first kappa shape index (κ1) is 15.8. The van der Waals surface area contributed by atoms with E-state index >= 15 is 0 Å². The summed E-state index contributed by atoms with van der Waals surface area (Å²) in [6.07, 6.45) is 4.17. The number of alkyl halides is 2. The van der Waals surface area contributed by atoms with Crippen LogP contribution in [-0.2, 0) is 4.79 Å². The lowest BCUT2D eigenvalue weighted by molar-refractivity contribution is -0.129. The number of amides is 1. The summed E-state index contributed by atoms with van der Waals surface area (Å²) < 4.78 is 35.3. The largest absolute Gasteiger partial charge is 0.483 e. The van der Waals surface area contributed by atoms with Crippen molar-refractivity contribution in [2.75, 3.05) is 6.54 Å². The van der Waals surface area contributed by atoms with Crippen LogP contribution in [0.15, 0.2) is 24.3 Å². The molecule has 1 fully saturated rings. The van der Waals surface area contributed by atoms with Crippen molar-refractivity contribution in [1.82, 2.24) is 4.90 Å². The molecule has 124 valence electrons. The first-order valence-corrected chi connectivity index (χ1v) is 7.67. The third-order valence-corrected chi connectivity index (χ3v) is 3.92. The summed E-state index contributed by atoms with van der Waals surface area (Å²) in [5.41, 5.74) is 0.740. The SMILES string of the molecule is CC1(C)C=C(N2CCCCC2=O)c2cc(OC(F)F)ccc2O1. The molecule has 3 rings (SSSR count). The Morgan fingerprint density at radius 2 is 2.09 bits per heavy atom. The highest BCUT2D eigenvalue weighted by molar-refractivity contribution is 5.89. The van der Waals surface area contributed by atoms with E-state index in [0.29, 0.717) is 30.0 Å². The molecule has 4 nitrogen and oxygen atoms in total. The number of fused-ring (bicyclic) bond motifs is 1. The van der Waals surface area contributed by atoms with E-state index in [1.54, 1.807) is 11.0 Å². The van der Waals surface area contributed by atoms with E-state index in [9.17, 15) is 13.6 Å². The highest BCUT2D eigenvalue weighted by Gasteiger charge is 2.32. The number of nitrogens with zero attached hydrogens (tertiary/aromatic N) is 1. The van der Waals surface area contributed by atoms with Crippen LogP contribution in [0, 0.1) is 0 Å². The lowest BCUT2D eigenvalue weighted by atomic mass is 9.96. The van der Waals surface area contributed by atoms with Crippen molar-refractivity contribution in [3.8, 4) is 11.5 Å². The first-order valence-electron chi connectivity index (χ1n) is 7.67. The fourth-order valence-electron chi connectivity index (χ4n) is 2.98. The Hall–Kier alpha value is -2.11. The van der Waals surface area contributed by atoms with Crippen molar-refractivity contribution in [3.63, 3.8) is 0 Å². The molecule has 1 aromatic carbocycles. The maximum Gasteiger partial charge on any atom is 0.387 e. The van der Waals surface area contributed by atoms with Crippen LogP contribution >= 0.6 is 0 Å². The monoisotopic (exact) mass is 323 g/mol. The Balaban J connectivity index is 2.03. The number of carbonyl (C=O) groups is 1. The molecule has 1 saturated heterocycles. The maximum absolute atomic E-state index is 12.5. The summed E-state index contributed by atoms with van der Waals surface area (Å²) >= 11 is 0. The molecule has 6 heteroatoms. The van der Waals surface area contributed by atoms with Crippen molar-refractivity contribution in [1.29, 1.82) is 0 Å². The molecule has 0 N–H and O–H groups in total. The van der Waals surface area contributed by atoms with Gasteiger partial charge < -0.3 is 14.4 Å². The van der Waals surface area contributed by atoms with E-state index in [0.717, 1.165) is 12.8 Å². The van der Waals surface area contributed by atoms with Crippen LogP contribution in [0.2, 0.25) is 0 Å². The second kappa shape index (κ2) is 5.83. The molecule has 23 heavy (non-hydrogen) atoms. The Kier molecular flexibility index (Phi) is 4.00. The summed E-state index contributed by atoms with van der Waals surface area (Å²) in [5, 5.41) is 0. The lowest BCUT2D eigenvalue weighted by Gasteiger charge is -2.37. The Morgan fingerprint density at radius 1 is 1.30 bits per heavy atom. The molecule has 2 aliphatic rings. The standard InChI is InChI=1S/C17H19F2NO3/c1-17(2)10-13(20-8-4-3-5-15(20)21)12-9-11(22-16(18)19)6-7-14(12)23-17/h6-7,9-10,16H,3-5,8H2,1-2H3. The van der Waals surface area contributed by atoms with Crippen LogP contribution in [-0.4, -0.2) is 29.6 Å². The summed E-state index contributed by atoms with van der Waals surface area (Å²) in [7, 11) is 0. The van der Waals surface area contributed by atoms with Gasteiger partial charge in [-0.1, -0.05) is 0 Å². The minimum absolute atomic E-state index is 0.0475. The zero-order valence-electron chi connectivity index (χ0n) is 13.1. The molecule has 0 atom stereocenters. The number of benzene rings is 1. The number of rotatable bonds is 3. The molecule has 0 aromatic heterocycles. The zero-order valence-corrected chi connectivity index (χ0v) is 13.1. The number of ether oxygens (including phenoxy) is 2. The summed E-state index contributed by atoms with van der Waals surface area (Å²) in [6.45, 7) is 1.53. The van der Waals surface area contributed by atoms with Gasteiger partial charge >= 0.3 is 6.61 Å². The van der Waals surface area contributed by atoms with Gasteiger partial charge in [0.15, 0.2) is 0 Å². The smallest absolute Gasteiger partial charge is 0.387 e. The van der Waals surface area contributed by atoms with Crippen LogP contribution in [0.25, 0.3) is 5.70 Å². The molecular weight excluding hydrogens is 304 g/mol. The molecule has 2 aliphatic heterocycles. The zero-order chi connectivity index (χ0) is 16.6. The second-order valence-corrected chi connectivity index (χ2v) is 6.27. The molecule has 0 unspecified atom stereocenters. The predicted molar refractivity (Wildman–Crippen MR) is 81.3 cm³/mol. The Labute approximate surface area is 133 Å². The van der Waals surface area contributed by atoms with Gasteiger partial charge in [0.25, 0.3) is 0 Å². The Morgan fingerprint density at radius 3 is 2.78 bits per heavy atom. The molecule has 0 bridgehead atoms. The topological polar surface area (TPSA) is 38.8 Å². The Bertz CT molecular complexity index is 655. The normalized spacial score (nSPS) is 20.0. The fourth-order valence-corrected chi connectivity index (χ4v) is 2.98. The minimum Gasteiger partial charge on any atom is -0.483 e.